The Labute approximate surface area is 117 Å². The average Bonchev–Trinajstić information content (AvgIpc) is 2.45. The van der Waals surface area contributed by atoms with Crippen molar-refractivity contribution >= 4 is 17.8 Å². The Morgan fingerprint density at radius 3 is 2.25 bits per heavy atom. The summed E-state index contributed by atoms with van der Waals surface area (Å²) in [7, 11) is 0. The van der Waals surface area contributed by atoms with Gasteiger partial charge in [0.2, 0.25) is 11.9 Å². The van der Waals surface area contributed by atoms with Crippen molar-refractivity contribution in [2.24, 2.45) is 5.92 Å². The molecule has 114 valence electrons. The maximum absolute atomic E-state index is 12.0. The lowest BCUT2D eigenvalue weighted by molar-refractivity contribution is -0.160. The summed E-state index contributed by atoms with van der Waals surface area (Å²) in [6.07, 6.45) is 1.45. The summed E-state index contributed by atoms with van der Waals surface area (Å²) in [5.41, 5.74) is 0. The molecule has 1 atom stereocenters. The zero-order valence-corrected chi connectivity index (χ0v) is 11.8. The van der Waals surface area contributed by atoms with Crippen LogP contribution < -0.4 is 5.32 Å². The van der Waals surface area contributed by atoms with Gasteiger partial charge in [-0.05, 0) is 26.7 Å². The Hall–Kier alpha value is -1.63. The van der Waals surface area contributed by atoms with Crippen molar-refractivity contribution < 1.29 is 28.6 Å². The molecule has 0 saturated carbocycles. The van der Waals surface area contributed by atoms with E-state index in [9.17, 15) is 14.4 Å². The van der Waals surface area contributed by atoms with Crippen LogP contribution in [0.1, 0.15) is 26.7 Å². The molecule has 0 aromatic rings. The fourth-order valence-corrected chi connectivity index (χ4v) is 1.87. The van der Waals surface area contributed by atoms with Crippen molar-refractivity contribution in [1.82, 2.24) is 5.32 Å². The van der Waals surface area contributed by atoms with Gasteiger partial charge in [-0.25, -0.2) is 9.59 Å². The summed E-state index contributed by atoms with van der Waals surface area (Å²) < 4.78 is 14.8. The molecule has 1 N–H and O–H groups in total. The predicted octanol–water partition coefficient (Wildman–Crippen LogP) is 0.0240. The van der Waals surface area contributed by atoms with Crippen LogP contribution in [0.3, 0.4) is 0 Å². The quantitative estimate of drug-likeness (QED) is 0.547. The molecule has 1 saturated heterocycles. The highest BCUT2D eigenvalue weighted by Crippen LogP contribution is 2.13. The van der Waals surface area contributed by atoms with Gasteiger partial charge in [0.25, 0.3) is 0 Å². The number of carbonyl (C=O) groups excluding carboxylic acids is 3. The van der Waals surface area contributed by atoms with Crippen molar-refractivity contribution in [2.45, 2.75) is 32.7 Å². The van der Waals surface area contributed by atoms with Gasteiger partial charge >= 0.3 is 11.9 Å². The first-order chi connectivity index (χ1) is 9.60. The molecule has 1 heterocycles. The highest BCUT2D eigenvalue weighted by atomic mass is 16.6. The third kappa shape index (κ3) is 4.80. The molecule has 1 aliphatic rings. The summed E-state index contributed by atoms with van der Waals surface area (Å²) in [4.78, 5) is 35.4. The molecule has 0 spiro atoms. The van der Waals surface area contributed by atoms with Gasteiger partial charge in [0.15, 0.2) is 0 Å². The van der Waals surface area contributed by atoms with Gasteiger partial charge < -0.3 is 19.5 Å². The summed E-state index contributed by atoms with van der Waals surface area (Å²) in [5.74, 6) is -2.36. The molecule has 1 amide bonds. The van der Waals surface area contributed by atoms with Gasteiger partial charge in [-0.1, -0.05) is 0 Å². The first-order valence-electron chi connectivity index (χ1n) is 6.81. The number of hydrogen-bond acceptors (Lipinski definition) is 6. The second-order valence-electron chi connectivity index (χ2n) is 4.36. The van der Waals surface area contributed by atoms with Gasteiger partial charge in [-0.2, -0.15) is 0 Å². The van der Waals surface area contributed by atoms with Crippen LogP contribution in [-0.2, 0) is 28.6 Å². The van der Waals surface area contributed by atoms with Gasteiger partial charge in [0.1, 0.15) is 0 Å². The first-order valence-corrected chi connectivity index (χ1v) is 6.81. The molecule has 1 aliphatic heterocycles. The molecule has 0 aromatic heterocycles. The van der Waals surface area contributed by atoms with E-state index in [-0.39, 0.29) is 19.1 Å². The number of carbonyl (C=O) groups is 3. The molecule has 20 heavy (non-hydrogen) atoms. The Bertz CT molecular complexity index is 333. The van der Waals surface area contributed by atoms with Gasteiger partial charge in [-0.15, -0.1) is 0 Å². The summed E-state index contributed by atoms with van der Waals surface area (Å²) in [6, 6.07) is -1.41. The van der Waals surface area contributed by atoms with E-state index in [0.29, 0.717) is 19.6 Å². The number of ether oxygens (including phenoxy) is 3. The number of hydrogen-bond donors (Lipinski definition) is 1. The van der Waals surface area contributed by atoms with Crippen LogP contribution in [0.4, 0.5) is 0 Å². The van der Waals surface area contributed by atoms with E-state index in [1.54, 1.807) is 13.8 Å². The van der Waals surface area contributed by atoms with Crippen LogP contribution in [-0.4, -0.2) is 50.3 Å². The molecular formula is C13H21NO6. The van der Waals surface area contributed by atoms with Crippen LogP contribution in [0.25, 0.3) is 0 Å². The van der Waals surface area contributed by atoms with Gasteiger partial charge in [-0.3, -0.25) is 4.79 Å². The van der Waals surface area contributed by atoms with E-state index in [2.05, 4.69) is 5.32 Å². The van der Waals surface area contributed by atoms with E-state index in [1.807, 2.05) is 0 Å². The second kappa shape index (κ2) is 8.52. The maximum atomic E-state index is 12.0. The summed E-state index contributed by atoms with van der Waals surface area (Å²) in [5, 5.41) is 2.39. The van der Waals surface area contributed by atoms with Crippen molar-refractivity contribution in [3.63, 3.8) is 0 Å². The smallest absolute Gasteiger partial charge is 0.340 e. The second-order valence-corrected chi connectivity index (χ2v) is 4.36. The van der Waals surface area contributed by atoms with E-state index in [1.165, 1.54) is 0 Å². The molecule has 0 aliphatic carbocycles. The van der Waals surface area contributed by atoms with Crippen molar-refractivity contribution in [2.75, 3.05) is 26.4 Å². The Morgan fingerprint density at radius 1 is 1.20 bits per heavy atom. The van der Waals surface area contributed by atoms with Crippen molar-refractivity contribution in [3.8, 4) is 0 Å². The normalized spacial score (nSPS) is 18.4. The maximum Gasteiger partial charge on any atom is 0.340 e. The Kier molecular flexibility index (Phi) is 7.00. The molecule has 1 unspecified atom stereocenters. The Morgan fingerprint density at radius 2 is 1.80 bits per heavy atom. The topological polar surface area (TPSA) is 90.9 Å². The molecule has 7 nitrogen and oxygen atoms in total. The lowest BCUT2D eigenvalue weighted by atomic mass is 10.0. The van der Waals surface area contributed by atoms with E-state index in [0.717, 1.165) is 6.42 Å². The van der Waals surface area contributed by atoms with E-state index < -0.39 is 23.9 Å². The van der Waals surface area contributed by atoms with Crippen LogP contribution >= 0.6 is 0 Å². The molecule has 7 heteroatoms. The van der Waals surface area contributed by atoms with Gasteiger partial charge in [0, 0.05) is 6.61 Å². The highest BCUT2D eigenvalue weighted by Gasteiger charge is 2.33. The van der Waals surface area contributed by atoms with Gasteiger partial charge in [0.05, 0.1) is 25.7 Å². The largest absolute Gasteiger partial charge is 0.464 e. The van der Waals surface area contributed by atoms with E-state index in [4.69, 9.17) is 14.2 Å². The molecule has 0 radical (unpaired) electrons. The average molecular weight is 287 g/mol. The minimum Gasteiger partial charge on any atom is -0.464 e. The zero-order valence-electron chi connectivity index (χ0n) is 11.8. The standard InChI is InChI=1S/C13H21NO6/c1-3-19-12(16)10(13(17)20-4-2)14-11(15)9-6-5-7-18-8-9/h9-10H,3-8H2,1-2H3,(H,14,15). The molecule has 1 rings (SSSR count). The number of rotatable bonds is 6. The van der Waals surface area contributed by atoms with Crippen molar-refractivity contribution in [1.29, 1.82) is 0 Å². The molecule has 0 aromatic carbocycles. The first kappa shape index (κ1) is 16.4. The minimum atomic E-state index is -1.41. The van der Waals surface area contributed by atoms with Crippen molar-refractivity contribution in [3.05, 3.63) is 0 Å². The number of nitrogens with one attached hydrogen (secondary N) is 1. The predicted molar refractivity (Wildman–Crippen MR) is 68.7 cm³/mol. The van der Waals surface area contributed by atoms with E-state index >= 15 is 0 Å². The third-order valence-corrected chi connectivity index (χ3v) is 2.86. The number of amides is 1. The third-order valence-electron chi connectivity index (χ3n) is 2.86. The fourth-order valence-electron chi connectivity index (χ4n) is 1.87. The lowest BCUT2D eigenvalue weighted by Crippen LogP contribution is -2.51. The monoisotopic (exact) mass is 287 g/mol. The Balaban J connectivity index is 2.64. The minimum absolute atomic E-state index is 0.122. The zero-order chi connectivity index (χ0) is 15.0. The van der Waals surface area contributed by atoms with Crippen LogP contribution in [0.15, 0.2) is 0 Å². The van der Waals surface area contributed by atoms with Crippen LogP contribution in [0.5, 0.6) is 0 Å². The summed E-state index contributed by atoms with van der Waals surface area (Å²) in [6.45, 7) is 4.41. The summed E-state index contributed by atoms with van der Waals surface area (Å²) >= 11 is 0. The lowest BCUT2D eigenvalue weighted by Gasteiger charge is -2.23. The van der Waals surface area contributed by atoms with Crippen LogP contribution in [0.2, 0.25) is 0 Å². The SMILES string of the molecule is CCOC(=O)C(NC(=O)C1CCCOC1)C(=O)OCC. The highest BCUT2D eigenvalue weighted by molar-refractivity contribution is 6.02. The number of esters is 2. The van der Waals surface area contributed by atoms with Crippen LogP contribution in [0, 0.1) is 5.92 Å². The molecule has 1 fully saturated rings. The molecule has 0 bridgehead atoms. The fraction of sp³-hybridized carbons (Fsp3) is 0.769. The molecular weight excluding hydrogens is 266 g/mol.